The molecule has 24 heavy (non-hydrogen) atoms. The van der Waals surface area contributed by atoms with E-state index in [0.29, 0.717) is 22.4 Å². The lowest BCUT2D eigenvalue weighted by Gasteiger charge is -2.15. The number of nitrogens with zero attached hydrogens (tertiary/aromatic N) is 2. The molecule has 6 heteroatoms. The third kappa shape index (κ3) is 3.09. The maximum atomic E-state index is 12.1. The summed E-state index contributed by atoms with van der Waals surface area (Å²) in [5, 5.41) is 3.32. The van der Waals surface area contributed by atoms with Crippen LogP contribution in [0.25, 0.3) is 6.08 Å². The zero-order valence-electron chi connectivity index (χ0n) is 12.6. The molecule has 0 radical (unpaired) electrons. The van der Waals surface area contributed by atoms with Crippen molar-refractivity contribution in [1.29, 1.82) is 0 Å². The Kier molecular flexibility index (Phi) is 3.88. The lowest BCUT2D eigenvalue weighted by atomic mass is 10.1. The van der Waals surface area contributed by atoms with Gasteiger partial charge >= 0.3 is 0 Å². The second kappa shape index (κ2) is 6.33. The van der Waals surface area contributed by atoms with Gasteiger partial charge in [0.15, 0.2) is 5.17 Å². The van der Waals surface area contributed by atoms with E-state index in [4.69, 9.17) is 4.74 Å². The molecule has 2 aliphatic heterocycles. The molecule has 0 spiro atoms. The van der Waals surface area contributed by atoms with Crippen LogP contribution < -0.4 is 10.1 Å². The molecule has 1 amide bonds. The largest absolute Gasteiger partial charge is 0.488 e. The van der Waals surface area contributed by atoms with Crippen molar-refractivity contribution in [2.45, 2.75) is 0 Å². The highest BCUT2D eigenvalue weighted by atomic mass is 32.2. The van der Waals surface area contributed by atoms with Crippen molar-refractivity contribution in [3.8, 4) is 5.75 Å². The second-order valence-corrected chi connectivity index (χ2v) is 6.27. The van der Waals surface area contributed by atoms with Crippen LogP contribution in [0.5, 0.6) is 5.75 Å². The lowest BCUT2D eigenvalue weighted by molar-refractivity contribution is -0.115. The number of amidine groups is 1. The summed E-state index contributed by atoms with van der Waals surface area (Å²) in [5.41, 5.74) is 2.67. The van der Waals surface area contributed by atoms with E-state index in [1.54, 1.807) is 18.5 Å². The minimum Gasteiger partial charge on any atom is -0.488 e. The second-order valence-electron chi connectivity index (χ2n) is 5.24. The molecule has 2 aliphatic rings. The number of aliphatic imine (C=N–C) groups is 1. The van der Waals surface area contributed by atoms with E-state index < -0.39 is 0 Å². The number of amides is 1. The number of hydrogen-bond acceptors (Lipinski definition) is 5. The van der Waals surface area contributed by atoms with Gasteiger partial charge in [-0.1, -0.05) is 18.2 Å². The van der Waals surface area contributed by atoms with Crippen molar-refractivity contribution >= 4 is 34.6 Å². The molecule has 0 atom stereocenters. The molecule has 4 rings (SSSR count). The number of carbonyl (C=O) groups excluding carboxylic acids is 1. The van der Waals surface area contributed by atoms with Crippen LogP contribution in [0.2, 0.25) is 0 Å². The summed E-state index contributed by atoms with van der Waals surface area (Å²) < 4.78 is 5.71. The van der Waals surface area contributed by atoms with Crippen molar-refractivity contribution in [1.82, 2.24) is 10.3 Å². The van der Waals surface area contributed by atoms with Gasteiger partial charge in [0, 0.05) is 11.8 Å². The molecular formula is C18H13N3O2S. The van der Waals surface area contributed by atoms with Crippen LogP contribution in [0.15, 0.2) is 70.3 Å². The fraction of sp³-hybridized carbons (Fsp3) is 0.0556. The fourth-order valence-corrected chi connectivity index (χ4v) is 3.26. The Morgan fingerprint density at radius 1 is 1.25 bits per heavy atom. The molecule has 3 heterocycles. The number of hydrogen-bond donors (Lipinski definition) is 1. The van der Waals surface area contributed by atoms with E-state index in [1.165, 1.54) is 11.8 Å². The molecule has 0 bridgehead atoms. The van der Waals surface area contributed by atoms with E-state index in [9.17, 15) is 4.79 Å². The number of fused-ring (bicyclic) bond motifs is 1. The average molecular weight is 335 g/mol. The number of aromatic nitrogens is 1. The van der Waals surface area contributed by atoms with Crippen molar-refractivity contribution in [3.63, 3.8) is 0 Å². The predicted molar refractivity (Wildman–Crippen MR) is 95.1 cm³/mol. The zero-order chi connectivity index (χ0) is 16.4. The molecule has 118 valence electrons. The van der Waals surface area contributed by atoms with Gasteiger partial charge in [0.25, 0.3) is 5.91 Å². The third-order valence-corrected chi connectivity index (χ3v) is 4.41. The predicted octanol–water partition coefficient (Wildman–Crippen LogP) is 3.29. The maximum Gasteiger partial charge on any atom is 0.264 e. The van der Waals surface area contributed by atoms with Crippen molar-refractivity contribution < 1.29 is 9.53 Å². The number of benzene rings is 1. The van der Waals surface area contributed by atoms with Crippen molar-refractivity contribution in [3.05, 3.63) is 70.9 Å². The highest BCUT2D eigenvalue weighted by molar-refractivity contribution is 8.18. The van der Waals surface area contributed by atoms with Gasteiger partial charge < -0.3 is 10.1 Å². The van der Waals surface area contributed by atoms with Crippen LogP contribution >= 0.6 is 11.8 Å². The van der Waals surface area contributed by atoms with E-state index in [-0.39, 0.29) is 5.91 Å². The van der Waals surface area contributed by atoms with Gasteiger partial charge in [0.2, 0.25) is 0 Å². The SMILES string of the molecule is O=C1NC(=Nc2cccnc2)SC1=CC1=Cc2ccccc2OC1. The first-order chi connectivity index (χ1) is 11.8. The summed E-state index contributed by atoms with van der Waals surface area (Å²) in [5.74, 6) is 0.712. The lowest BCUT2D eigenvalue weighted by Crippen LogP contribution is -2.19. The van der Waals surface area contributed by atoms with Crippen LogP contribution in [0, 0.1) is 0 Å². The van der Waals surface area contributed by atoms with Gasteiger partial charge in [0.05, 0.1) is 16.8 Å². The summed E-state index contributed by atoms with van der Waals surface area (Å²) >= 11 is 1.31. The van der Waals surface area contributed by atoms with Gasteiger partial charge in [-0.25, -0.2) is 4.99 Å². The highest BCUT2D eigenvalue weighted by Crippen LogP contribution is 2.30. The Labute approximate surface area is 143 Å². The molecule has 1 fully saturated rings. The first kappa shape index (κ1) is 14.7. The first-order valence-corrected chi connectivity index (χ1v) is 8.21. The number of thioether (sulfide) groups is 1. The van der Waals surface area contributed by atoms with Gasteiger partial charge in [-0.3, -0.25) is 9.78 Å². The topological polar surface area (TPSA) is 63.6 Å². The van der Waals surface area contributed by atoms with Crippen molar-refractivity contribution in [2.75, 3.05) is 6.61 Å². The van der Waals surface area contributed by atoms with Crippen LogP contribution in [0.4, 0.5) is 5.69 Å². The molecule has 1 N–H and O–H groups in total. The summed E-state index contributed by atoms with van der Waals surface area (Å²) in [7, 11) is 0. The maximum absolute atomic E-state index is 12.1. The van der Waals surface area contributed by atoms with E-state index >= 15 is 0 Å². The summed E-state index contributed by atoms with van der Waals surface area (Å²) in [6, 6.07) is 11.5. The van der Waals surface area contributed by atoms with Gasteiger partial charge in [-0.2, -0.15) is 0 Å². The molecule has 1 aromatic carbocycles. The zero-order valence-corrected chi connectivity index (χ0v) is 13.4. The number of para-hydroxylation sites is 1. The Bertz CT molecular complexity index is 888. The van der Waals surface area contributed by atoms with Crippen LogP contribution in [0.3, 0.4) is 0 Å². The Morgan fingerprint density at radius 2 is 2.17 bits per heavy atom. The molecule has 0 unspecified atom stereocenters. The quantitative estimate of drug-likeness (QED) is 0.856. The van der Waals surface area contributed by atoms with E-state index in [0.717, 1.165) is 16.9 Å². The molecular weight excluding hydrogens is 322 g/mol. The number of pyridine rings is 1. The van der Waals surface area contributed by atoms with Crippen molar-refractivity contribution in [2.24, 2.45) is 4.99 Å². The van der Waals surface area contributed by atoms with Crippen LogP contribution in [0.1, 0.15) is 5.56 Å². The smallest absolute Gasteiger partial charge is 0.264 e. The van der Waals surface area contributed by atoms with Crippen LogP contribution in [-0.4, -0.2) is 22.7 Å². The number of ether oxygens (including phenoxy) is 1. The summed E-state index contributed by atoms with van der Waals surface area (Å²) in [4.78, 5) is 21.1. The minimum absolute atomic E-state index is 0.151. The van der Waals surface area contributed by atoms with E-state index in [1.807, 2.05) is 42.5 Å². The Hall–Kier alpha value is -2.86. The van der Waals surface area contributed by atoms with Crippen LogP contribution in [-0.2, 0) is 4.79 Å². The normalized spacial score (nSPS) is 19.7. The molecule has 0 aliphatic carbocycles. The molecule has 1 saturated heterocycles. The highest BCUT2D eigenvalue weighted by Gasteiger charge is 2.24. The summed E-state index contributed by atoms with van der Waals surface area (Å²) in [6.07, 6.45) is 7.22. The monoisotopic (exact) mass is 335 g/mol. The standard InChI is InChI=1S/C18H13N3O2S/c22-17-16(24-18(21-17)20-14-5-3-7-19-10-14)9-12-8-13-4-1-2-6-15(13)23-11-12/h1-10H,11H2,(H,20,21,22). The number of nitrogens with one attached hydrogen (secondary N) is 1. The minimum atomic E-state index is -0.151. The molecule has 2 aromatic rings. The first-order valence-electron chi connectivity index (χ1n) is 7.40. The number of rotatable bonds is 2. The molecule has 1 aromatic heterocycles. The van der Waals surface area contributed by atoms with Gasteiger partial charge in [0.1, 0.15) is 12.4 Å². The Morgan fingerprint density at radius 3 is 3.04 bits per heavy atom. The fourth-order valence-electron chi connectivity index (χ4n) is 2.40. The molecule has 0 saturated carbocycles. The number of carbonyl (C=O) groups is 1. The third-order valence-electron chi connectivity index (χ3n) is 3.50. The van der Waals surface area contributed by atoms with Gasteiger partial charge in [-0.15, -0.1) is 0 Å². The van der Waals surface area contributed by atoms with E-state index in [2.05, 4.69) is 15.3 Å². The van der Waals surface area contributed by atoms with Gasteiger partial charge in [-0.05, 0) is 47.7 Å². The average Bonchev–Trinajstić information content (AvgIpc) is 2.95. The molecule has 5 nitrogen and oxygen atoms in total. The summed E-state index contributed by atoms with van der Waals surface area (Å²) in [6.45, 7) is 0.448. The Balaban J connectivity index is 1.57.